The highest BCUT2D eigenvalue weighted by molar-refractivity contribution is 6.36. The van der Waals surface area contributed by atoms with Crippen LogP contribution in [-0.2, 0) is 6.54 Å². The second kappa shape index (κ2) is 9.57. The van der Waals surface area contributed by atoms with Gasteiger partial charge in [0, 0.05) is 29.2 Å². The van der Waals surface area contributed by atoms with Gasteiger partial charge in [0.1, 0.15) is 5.82 Å². The summed E-state index contributed by atoms with van der Waals surface area (Å²) in [6.45, 7) is 1.48. The molecule has 2 nitrogen and oxygen atoms in total. The Morgan fingerprint density at radius 3 is 2.43 bits per heavy atom. The third-order valence-corrected chi connectivity index (χ3v) is 6.35. The predicted molar refractivity (Wildman–Crippen MR) is 124 cm³/mol. The molecule has 0 saturated carbocycles. The molecule has 1 saturated heterocycles. The van der Waals surface area contributed by atoms with Gasteiger partial charge in [-0.3, -0.25) is 0 Å². The Labute approximate surface area is 191 Å². The van der Waals surface area contributed by atoms with Crippen molar-refractivity contribution in [2.75, 3.05) is 11.4 Å². The van der Waals surface area contributed by atoms with Crippen LogP contribution in [0.1, 0.15) is 30.0 Å². The molecular weight excluding hydrogens is 442 g/mol. The van der Waals surface area contributed by atoms with Crippen LogP contribution in [0.25, 0.3) is 0 Å². The van der Waals surface area contributed by atoms with Gasteiger partial charge in [0.2, 0.25) is 0 Å². The summed E-state index contributed by atoms with van der Waals surface area (Å²) in [4.78, 5) is 2.34. The SMILES string of the molecule is Fc1cccc(CNC2CCN(c3ccc(Cl)cc3Cl)C(c3ccc(Cl)cc3)C2)c1. The minimum Gasteiger partial charge on any atom is -0.363 e. The molecule has 0 aromatic heterocycles. The lowest BCUT2D eigenvalue weighted by Crippen LogP contribution is -2.44. The van der Waals surface area contributed by atoms with Gasteiger partial charge in [0.25, 0.3) is 0 Å². The highest BCUT2D eigenvalue weighted by Gasteiger charge is 2.30. The standard InChI is InChI=1S/C24H22Cl3FN2/c25-18-6-4-17(5-7-18)24-14-21(29-15-16-2-1-3-20(28)12-16)10-11-30(24)23-9-8-19(26)13-22(23)27/h1-9,12-13,21,24,29H,10-11,14-15H2. The molecule has 0 spiro atoms. The van der Waals surface area contributed by atoms with Gasteiger partial charge in [-0.2, -0.15) is 0 Å². The van der Waals surface area contributed by atoms with E-state index in [9.17, 15) is 4.39 Å². The Balaban J connectivity index is 1.55. The minimum atomic E-state index is -0.208. The normalized spacial score (nSPS) is 19.1. The van der Waals surface area contributed by atoms with Crippen molar-refractivity contribution < 1.29 is 4.39 Å². The number of benzene rings is 3. The van der Waals surface area contributed by atoms with Crippen molar-refractivity contribution >= 4 is 40.5 Å². The first kappa shape index (κ1) is 21.5. The van der Waals surface area contributed by atoms with Gasteiger partial charge < -0.3 is 10.2 Å². The van der Waals surface area contributed by atoms with E-state index in [0.717, 1.165) is 30.6 Å². The van der Waals surface area contributed by atoms with E-state index < -0.39 is 0 Å². The summed E-state index contributed by atoms with van der Waals surface area (Å²) in [5, 5.41) is 5.58. The van der Waals surface area contributed by atoms with Crippen molar-refractivity contribution in [1.82, 2.24) is 5.32 Å². The van der Waals surface area contributed by atoms with Gasteiger partial charge in [0.15, 0.2) is 0 Å². The Morgan fingerprint density at radius 2 is 1.70 bits per heavy atom. The molecule has 1 fully saturated rings. The quantitative estimate of drug-likeness (QED) is 0.427. The first-order chi connectivity index (χ1) is 14.5. The summed E-state index contributed by atoms with van der Waals surface area (Å²) in [5.41, 5.74) is 3.11. The maximum atomic E-state index is 13.5. The number of rotatable bonds is 5. The third-order valence-electron chi connectivity index (χ3n) is 5.56. The fourth-order valence-corrected chi connectivity index (χ4v) is 4.71. The van der Waals surface area contributed by atoms with Crippen LogP contribution in [0.15, 0.2) is 66.7 Å². The molecule has 0 radical (unpaired) electrons. The van der Waals surface area contributed by atoms with Crippen LogP contribution in [0.2, 0.25) is 15.1 Å². The summed E-state index contributed by atoms with van der Waals surface area (Å²) >= 11 is 18.8. The van der Waals surface area contributed by atoms with Crippen LogP contribution in [0.5, 0.6) is 0 Å². The maximum absolute atomic E-state index is 13.5. The molecule has 1 aliphatic rings. The predicted octanol–water partition coefficient (Wildman–Crippen LogP) is 7.29. The smallest absolute Gasteiger partial charge is 0.123 e. The van der Waals surface area contributed by atoms with Crippen molar-refractivity contribution in [2.24, 2.45) is 0 Å². The van der Waals surface area contributed by atoms with E-state index in [4.69, 9.17) is 34.8 Å². The van der Waals surface area contributed by atoms with E-state index in [2.05, 4.69) is 22.3 Å². The number of halogens is 4. The summed E-state index contributed by atoms with van der Waals surface area (Å²) < 4.78 is 13.5. The lowest BCUT2D eigenvalue weighted by molar-refractivity contribution is 0.359. The number of nitrogens with zero attached hydrogens (tertiary/aromatic N) is 1. The molecule has 1 N–H and O–H groups in total. The van der Waals surface area contributed by atoms with Crippen LogP contribution in [0, 0.1) is 5.82 Å². The molecule has 0 bridgehead atoms. The van der Waals surface area contributed by atoms with E-state index in [0.29, 0.717) is 27.7 Å². The van der Waals surface area contributed by atoms with Crippen LogP contribution in [0.3, 0.4) is 0 Å². The summed E-state index contributed by atoms with van der Waals surface area (Å²) in [5.74, 6) is -0.208. The Morgan fingerprint density at radius 1 is 0.933 bits per heavy atom. The molecule has 2 atom stereocenters. The second-order valence-electron chi connectivity index (χ2n) is 7.59. The number of hydrogen-bond acceptors (Lipinski definition) is 2. The van der Waals surface area contributed by atoms with E-state index in [1.54, 1.807) is 18.2 Å². The van der Waals surface area contributed by atoms with Crippen molar-refractivity contribution in [3.05, 3.63) is 98.7 Å². The monoisotopic (exact) mass is 462 g/mol. The molecular formula is C24H22Cl3FN2. The molecule has 4 rings (SSSR count). The van der Waals surface area contributed by atoms with E-state index in [-0.39, 0.29) is 11.9 Å². The molecule has 156 valence electrons. The largest absolute Gasteiger partial charge is 0.363 e. The van der Waals surface area contributed by atoms with Crippen LogP contribution < -0.4 is 10.2 Å². The highest BCUT2D eigenvalue weighted by atomic mass is 35.5. The van der Waals surface area contributed by atoms with Gasteiger partial charge in [-0.1, -0.05) is 59.1 Å². The van der Waals surface area contributed by atoms with Crippen LogP contribution in [-0.4, -0.2) is 12.6 Å². The van der Waals surface area contributed by atoms with E-state index in [1.807, 2.05) is 30.3 Å². The fourth-order valence-electron chi connectivity index (χ4n) is 4.06. The molecule has 6 heteroatoms. The Kier molecular flexibility index (Phi) is 6.84. The fraction of sp³-hybridized carbons (Fsp3) is 0.250. The molecule has 2 unspecified atom stereocenters. The van der Waals surface area contributed by atoms with Crippen LogP contribution >= 0.6 is 34.8 Å². The summed E-state index contributed by atoms with van der Waals surface area (Å²) in [6, 6.07) is 20.8. The number of nitrogens with one attached hydrogen (secondary N) is 1. The van der Waals surface area contributed by atoms with Crippen LogP contribution in [0.4, 0.5) is 10.1 Å². The second-order valence-corrected chi connectivity index (χ2v) is 8.87. The number of anilines is 1. The Bertz CT molecular complexity index is 1010. The van der Waals surface area contributed by atoms with Crippen molar-refractivity contribution in [3.63, 3.8) is 0 Å². The molecule has 0 aliphatic carbocycles. The zero-order valence-electron chi connectivity index (χ0n) is 16.3. The van der Waals surface area contributed by atoms with Crippen molar-refractivity contribution in [1.29, 1.82) is 0 Å². The van der Waals surface area contributed by atoms with Gasteiger partial charge in [-0.15, -0.1) is 0 Å². The van der Waals surface area contributed by atoms with Crippen molar-refractivity contribution in [3.8, 4) is 0 Å². The van der Waals surface area contributed by atoms with Crippen molar-refractivity contribution in [2.45, 2.75) is 31.5 Å². The molecule has 1 heterocycles. The maximum Gasteiger partial charge on any atom is 0.123 e. The lowest BCUT2D eigenvalue weighted by atomic mass is 9.91. The van der Waals surface area contributed by atoms with Gasteiger partial charge in [-0.05, 0) is 66.4 Å². The van der Waals surface area contributed by atoms with Gasteiger partial charge in [-0.25, -0.2) is 4.39 Å². The lowest BCUT2D eigenvalue weighted by Gasteiger charge is -2.42. The summed E-state index contributed by atoms with van der Waals surface area (Å²) in [7, 11) is 0. The average molecular weight is 464 g/mol. The molecule has 3 aromatic carbocycles. The zero-order valence-corrected chi connectivity index (χ0v) is 18.6. The zero-order chi connectivity index (χ0) is 21.1. The molecule has 1 aliphatic heterocycles. The first-order valence-corrected chi connectivity index (χ1v) is 11.1. The molecule has 3 aromatic rings. The number of hydrogen-bond donors (Lipinski definition) is 1. The first-order valence-electron chi connectivity index (χ1n) is 9.94. The minimum absolute atomic E-state index is 0.139. The summed E-state index contributed by atoms with van der Waals surface area (Å²) in [6.07, 6.45) is 1.86. The highest BCUT2D eigenvalue weighted by Crippen LogP contribution is 2.39. The van der Waals surface area contributed by atoms with E-state index in [1.165, 1.54) is 11.6 Å². The number of piperidine rings is 1. The van der Waals surface area contributed by atoms with E-state index >= 15 is 0 Å². The Hall–Kier alpha value is -1.78. The van der Waals surface area contributed by atoms with Gasteiger partial charge in [0.05, 0.1) is 16.8 Å². The average Bonchev–Trinajstić information content (AvgIpc) is 2.73. The molecule has 30 heavy (non-hydrogen) atoms. The van der Waals surface area contributed by atoms with Gasteiger partial charge >= 0.3 is 0 Å². The third kappa shape index (κ3) is 5.09. The molecule has 0 amide bonds. The topological polar surface area (TPSA) is 15.3 Å².